The fraction of sp³-hybridized carbons (Fsp3) is 0.150. The minimum atomic E-state index is 0.000893. The van der Waals surface area contributed by atoms with Gasteiger partial charge in [-0.05, 0) is 23.6 Å². The van der Waals surface area contributed by atoms with Crippen LogP contribution in [0.4, 0.5) is 0 Å². The third kappa shape index (κ3) is 4.19. The van der Waals surface area contributed by atoms with Crippen molar-refractivity contribution in [3.05, 3.63) is 84.5 Å². The molecule has 2 aromatic carbocycles. The number of hydrogen-bond acceptors (Lipinski definition) is 1. The first-order valence-electron chi connectivity index (χ1n) is 7.40. The van der Waals surface area contributed by atoms with Crippen molar-refractivity contribution in [2.45, 2.75) is 13.5 Å². The molecule has 22 heavy (non-hydrogen) atoms. The van der Waals surface area contributed by atoms with Crippen molar-refractivity contribution in [2.24, 2.45) is 0 Å². The van der Waals surface area contributed by atoms with Crippen molar-refractivity contribution in [2.75, 3.05) is 7.05 Å². The Morgan fingerprint density at radius 1 is 1.00 bits per heavy atom. The van der Waals surface area contributed by atoms with Gasteiger partial charge < -0.3 is 4.90 Å². The average molecular weight is 291 g/mol. The normalized spacial score (nSPS) is 11.2. The molecular weight excluding hydrogens is 270 g/mol. The van der Waals surface area contributed by atoms with E-state index < -0.39 is 0 Å². The van der Waals surface area contributed by atoms with Gasteiger partial charge in [-0.15, -0.1) is 0 Å². The smallest absolute Gasteiger partial charge is 0.246 e. The zero-order chi connectivity index (χ0) is 15.8. The molecule has 0 saturated carbocycles. The summed E-state index contributed by atoms with van der Waals surface area (Å²) >= 11 is 0. The number of amides is 1. The van der Waals surface area contributed by atoms with Gasteiger partial charge >= 0.3 is 0 Å². The van der Waals surface area contributed by atoms with E-state index in [1.54, 1.807) is 17.1 Å². The average Bonchev–Trinajstić information content (AvgIpc) is 2.56. The van der Waals surface area contributed by atoms with Gasteiger partial charge in [0.1, 0.15) is 0 Å². The summed E-state index contributed by atoms with van der Waals surface area (Å²) in [5.74, 6) is 0.000893. The van der Waals surface area contributed by atoms with Crippen molar-refractivity contribution < 1.29 is 4.79 Å². The van der Waals surface area contributed by atoms with Crippen LogP contribution in [-0.2, 0) is 11.3 Å². The lowest BCUT2D eigenvalue weighted by Crippen LogP contribution is -2.24. The Morgan fingerprint density at radius 2 is 1.68 bits per heavy atom. The lowest BCUT2D eigenvalue weighted by molar-refractivity contribution is -0.125. The van der Waals surface area contributed by atoms with Gasteiger partial charge in [0, 0.05) is 19.7 Å². The van der Waals surface area contributed by atoms with Crippen molar-refractivity contribution in [3.8, 4) is 11.1 Å². The van der Waals surface area contributed by atoms with E-state index in [-0.39, 0.29) is 5.91 Å². The quantitative estimate of drug-likeness (QED) is 0.589. The van der Waals surface area contributed by atoms with Crippen LogP contribution in [-0.4, -0.2) is 17.9 Å². The molecule has 0 aliphatic carbocycles. The van der Waals surface area contributed by atoms with Gasteiger partial charge in [-0.1, -0.05) is 72.8 Å². The number of likely N-dealkylation sites (N-methyl/N-ethyl adjacent to an activating group) is 1. The largest absolute Gasteiger partial charge is 0.338 e. The van der Waals surface area contributed by atoms with E-state index in [9.17, 15) is 4.79 Å². The molecule has 0 aromatic heterocycles. The molecule has 0 unspecified atom stereocenters. The number of allylic oxidation sites excluding steroid dienone is 3. The number of rotatable bonds is 5. The van der Waals surface area contributed by atoms with Gasteiger partial charge in [-0.3, -0.25) is 4.79 Å². The molecule has 0 saturated heterocycles. The van der Waals surface area contributed by atoms with Gasteiger partial charge in [-0.2, -0.15) is 0 Å². The molecule has 0 fully saturated rings. The second kappa shape index (κ2) is 7.99. The minimum absolute atomic E-state index is 0.000893. The number of carbonyl (C=O) groups is 1. The van der Waals surface area contributed by atoms with Gasteiger partial charge in [-0.25, -0.2) is 0 Å². The second-order valence-corrected chi connectivity index (χ2v) is 5.10. The molecule has 0 aliphatic rings. The van der Waals surface area contributed by atoms with Crippen LogP contribution in [0.2, 0.25) is 0 Å². The molecule has 0 bridgehead atoms. The topological polar surface area (TPSA) is 20.3 Å². The highest BCUT2D eigenvalue weighted by Gasteiger charge is 2.09. The Labute approximate surface area is 132 Å². The van der Waals surface area contributed by atoms with Gasteiger partial charge in [0.05, 0.1) is 0 Å². The molecule has 2 rings (SSSR count). The Balaban J connectivity index is 2.18. The monoisotopic (exact) mass is 291 g/mol. The van der Waals surface area contributed by atoms with Gasteiger partial charge in [0.15, 0.2) is 0 Å². The van der Waals surface area contributed by atoms with Crippen LogP contribution in [0.15, 0.2) is 78.9 Å². The fourth-order valence-corrected chi connectivity index (χ4v) is 2.27. The first-order valence-corrected chi connectivity index (χ1v) is 7.40. The fourth-order valence-electron chi connectivity index (χ4n) is 2.27. The van der Waals surface area contributed by atoms with Crippen LogP contribution < -0.4 is 0 Å². The first kappa shape index (κ1) is 15.8. The maximum atomic E-state index is 12.1. The number of benzene rings is 2. The van der Waals surface area contributed by atoms with E-state index in [4.69, 9.17) is 0 Å². The molecule has 1 amide bonds. The highest BCUT2D eigenvalue weighted by molar-refractivity contribution is 5.87. The van der Waals surface area contributed by atoms with E-state index in [2.05, 4.69) is 24.3 Å². The maximum absolute atomic E-state index is 12.1. The molecule has 0 radical (unpaired) electrons. The molecule has 0 atom stereocenters. The van der Waals surface area contributed by atoms with E-state index in [1.807, 2.05) is 56.5 Å². The van der Waals surface area contributed by atoms with Crippen molar-refractivity contribution in [1.82, 2.24) is 4.90 Å². The molecule has 112 valence electrons. The highest BCUT2D eigenvalue weighted by atomic mass is 16.2. The third-order valence-electron chi connectivity index (χ3n) is 3.43. The predicted molar refractivity (Wildman–Crippen MR) is 92.3 cm³/mol. The molecule has 2 aromatic rings. The maximum Gasteiger partial charge on any atom is 0.246 e. The zero-order valence-electron chi connectivity index (χ0n) is 13.1. The first-order chi connectivity index (χ1) is 10.7. The Kier molecular flexibility index (Phi) is 5.73. The standard InChI is InChI=1S/C20H21NO/c1-3-4-6-15-20(22)21(2)16-18-13-9-10-14-19(18)17-11-7-5-8-12-17/h3-15H,16H2,1-2H3. The summed E-state index contributed by atoms with van der Waals surface area (Å²) in [6.07, 6.45) is 7.10. The Morgan fingerprint density at radius 3 is 2.41 bits per heavy atom. The Bertz CT molecular complexity index is 671. The molecule has 0 aliphatic heterocycles. The second-order valence-electron chi connectivity index (χ2n) is 5.10. The van der Waals surface area contributed by atoms with E-state index >= 15 is 0 Å². The van der Waals surface area contributed by atoms with Crippen molar-refractivity contribution >= 4 is 5.91 Å². The minimum Gasteiger partial charge on any atom is -0.338 e. The lowest BCUT2D eigenvalue weighted by atomic mass is 9.99. The van der Waals surface area contributed by atoms with E-state index in [0.717, 1.165) is 5.56 Å². The van der Waals surface area contributed by atoms with E-state index in [0.29, 0.717) is 6.54 Å². The predicted octanol–water partition coefficient (Wildman–Crippen LogP) is 4.44. The summed E-state index contributed by atoms with van der Waals surface area (Å²) in [6.45, 7) is 2.51. The molecule has 2 heteroatoms. The summed E-state index contributed by atoms with van der Waals surface area (Å²) in [7, 11) is 1.82. The lowest BCUT2D eigenvalue weighted by Gasteiger charge is -2.18. The molecule has 2 nitrogen and oxygen atoms in total. The third-order valence-corrected chi connectivity index (χ3v) is 3.43. The molecule has 0 spiro atoms. The SMILES string of the molecule is CC=CC=CC(=O)N(C)Cc1ccccc1-c1ccccc1. The molecular formula is C20H21NO. The summed E-state index contributed by atoms with van der Waals surface area (Å²) in [5.41, 5.74) is 3.48. The highest BCUT2D eigenvalue weighted by Crippen LogP contribution is 2.24. The number of nitrogens with zero attached hydrogens (tertiary/aromatic N) is 1. The molecule has 0 N–H and O–H groups in total. The van der Waals surface area contributed by atoms with Crippen LogP contribution in [0.25, 0.3) is 11.1 Å². The van der Waals surface area contributed by atoms with Crippen molar-refractivity contribution in [3.63, 3.8) is 0 Å². The van der Waals surface area contributed by atoms with Gasteiger partial charge in [0.25, 0.3) is 0 Å². The summed E-state index contributed by atoms with van der Waals surface area (Å²) in [4.78, 5) is 13.8. The summed E-state index contributed by atoms with van der Waals surface area (Å²) in [5, 5.41) is 0. The van der Waals surface area contributed by atoms with Crippen LogP contribution in [0, 0.1) is 0 Å². The summed E-state index contributed by atoms with van der Waals surface area (Å²) in [6, 6.07) is 18.4. The van der Waals surface area contributed by atoms with Crippen molar-refractivity contribution in [1.29, 1.82) is 0 Å². The Hall–Kier alpha value is -2.61. The zero-order valence-corrected chi connectivity index (χ0v) is 13.1. The summed E-state index contributed by atoms with van der Waals surface area (Å²) < 4.78 is 0. The van der Waals surface area contributed by atoms with Crippen LogP contribution in [0.5, 0.6) is 0 Å². The van der Waals surface area contributed by atoms with Crippen LogP contribution >= 0.6 is 0 Å². The number of hydrogen-bond donors (Lipinski definition) is 0. The number of carbonyl (C=O) groups excluding carboxylic acids is 1. The van der Waals surface area contributed by atoms with E-state index in [1.165, 1.54) is 11.1 Å². The van der Waals surface area contributed by atoms with Gasteiger partial charge in [0.2, 0.25) is 5.91 Å². The van der Waals surface area contributed by atoms with Crippen LogP contribution in [0.3, 0.4) is 0 Å². The van der Waals surface area contributed by atoms with Crippen LogP contribution in [0.1, 0.15) is 12.5 Å². The molecule has 0 heterocycles.